The van der Waals surface area contributed by atoms with Crippen LogP contribution < -0.4 is 0 Å². The van der Waals surface area contributed by atoms with Crippen LogP contribution in [0.5, 0.6) is 0 Å². The minimum Gasteiger partial charge on any atom is -0.195 e. The molecule has 2 heteroatoms. The summed E-state index contributed by atoms with van der Waals surface area (Å²) in [4.78, 5) is 0. The molecule has 33 heavy (non-hydrogen) atoms. The van der Waals surface area contributed by atoms with E-state index >= 15 is 0 Å². The van der Waals surface area contributed by atoms with Gasteiger partial charge < -0.3 is 0 Å². The summed E-state index contributed by atoms with van der Waals surface area (Å²) in [6, 6.07) is 11.0. The fraction of sp³-hybridized carbons (Fsp3) is 0.710. The van der Waals surface area contributed by atoms with E-state index in [1.165, 1.54) is 114 Å². The van der Waals surface area contributed by atoms with E-state index in [4.69, 9.17) is 5.26 Å². The Kier molecular flexibility index (Phi) is 11.5. The topological polar surface area (TPSA) is 23.8 Å². The van der Waals surface area contributed by atoms with E-state index in [0.717, 1.165) is 36.5 Å². The van der Waals surface area contributed by atoms with E-state index < -0.39 is 5.83 Å². The first-order chi connectivity index (χ1) is 16.2. The maximum Gasteiger partial charge on any atom is 0.196 e. The zero-order valence-corrected chi connectivity index (χ0v) is 21.0. The van der Waals surface area contributed by atoms with Crippen LogP contribution in [0.3, 0.4) is 0 Å². The van der Waals surface area contributed by atoms with Crippen LogP contribution >= 0.6 is 0 Å². The van der Waals surface area contributed by atoms with Crippen molar-refractivity contribution in [3.63, 3.8) is 0 Å². The lowest BCUT2D eigenvalue weighted by atomic mass is 9.68. The van der Waals surface area contributed by atoms with Crippen LogP contribution in [-0.2, 0) is 12.8 Å². The first-order valence-corrected chi connectivity index (χ1v) is 14.0. The Morgan fingerprint density at radius 2 is 1.33 bits per heavy atom. The summed E-state index contributed by atoms with van der Waals surface area (Å²) in [7, 11) is 0. The monoisotopic (exact) mass is 451 g/mol. The maximum atomic E-state index is 12.9. The molecule has 0 atom stereocenters. The number of benzene rings is 1. The van der Waals surface area contributed by atoms with Crippen LogP contribution in [-0.4, -0.2) is 0 Å². The van der Waals surface area contributed by atoms with Crippen LogP contribution in [0, 0.1) is 35.0 Å². The van der Waals surface area contributed by atoms with Crippen LogP contribution in [0.25, 0.3) is 0 Å². The summed E-state index contributed by atoms with van der Waals surface area (Å²) in [6.07, 6.45) is 23.6. The third-order valence-corrected chi connectivity index (χ3v) is 8.62. The molecule has 0 spiro atoms. The molecule has 3 rings (SSSR count). The fourth-order valence-corrected chi connectivity index (χ4v) is 6.40. The second-order valence-electron chi connectivity index (χ2n) is 11.0. The molecule has 0 radical (unpaired) electrons. The van der Waals surface area contributed by atoms with Gasteiger partial charge in [0, 0.05) is 0 Å². The molecule has 1 nitrogen and oxygen atoms in total. The molecule has 182 valence electrons. The number of unbranched alkanes of at least 4 members (excludes halogenated alkanes) is 2. The molecule has 0 unspecified atom stereocenters. The predicted molar refractivity (Wildman–Crippen MR) is 138 cm³/mol. The summed E-state index contributed by atoms with van der Waals surface area (Å²) in [5.74, 6) is 3.00. The van der Waals surface area contributed by atoms with Crippen LogP contribution in [0.1, 0.15) is 114 Å². The van der Waals surface area contributed by atoms with Gasteiger partial charge in [-0.1, -0.05) is 76.1 Å². The Labute approximate surface area is 202 Å². The second-order valence-corrected chi connectivity index (χ2v) is 11.0. The number of nitrogens with zero attached hydrogens (tertiary/aromatic N) is 1. The van der Waals surface area contributed by atoms with E-state index in [2.05, 4.69) is 31.2 Å². The molecule has 0 N–H and O–H groups in total. The Hall–Kier alpha value is -1.62. The molecule has 2 aliphatic carbocycles. The summed E-state index contributed by atoms with van der Waals surface area (Å²) < 4.78 is 12.9. The molecule has 0 heterocycles. The highest BCUT2D eigenvalue weighted by Gasteiger charge is 2.30. The standard InChI is InChI=1S/C31H46FN/c1-2-3-7-25-12-14-26(15-13-25)8-4-5-9-27-16-20-29(21-17-27)30-22-18-28(19-23-30)10-6-11-31(32)24-33/h11-15,27-30H,2-10,16-23H2,1H3/t27-,28-,29-,30-. The Morgan fingerprint density at radius 1 is 0.818 bits per heavy atom. The van der Waals surface area contributed by atoms with E-state index in [1.807, 2.05) is 0 Å². The van der Waals surface area contributed by atoms with E-state index in [0.29, 0.717) is 0 Å². The van der Waals surface area contributed by atoms with Gasteiger partial charge in [-0.05, 0) is 105 Å². The maximum absolute atomic E-state index is 12.9. The number of nitriles is 1. The van der Waals surface area contributed by atoms with Gasteiger partial charge in [0.2, 0.25) is 0 Å². The van der Waals surface area contributed by atoms with Gasteiger partial charge >= 0.3 is 0 Å². The number of halogens is 1. The minimum absolute atomic E-state index is 0.614. The van der Waals surface area contributed by atoms with Crippen molar-refractivity contribution < 1.29 is 4.39 Å². The van der Waals surface area contributed by atoms with Gasteiger partial charge in [0.05, 0.1) is 0 Å². The molecular weight excluding hydrogens is 405 g/mol. The second kappa shape index (κ2) is 14.6. The summed E-state index contributed by atoms with van der Waals surface area (Å²) in [6.45, 7) is 2.26. The lowest BCUT2D eigenvalue weighted by Gasteiger charge is -2.38. The van der Waals surface area contributed by atoms with Gasteiger partial charge in [-0.15, -0.1) is 0 Å². The van der Waals surface area contributed by atoms with Crippen LogP contribution in [0.15, 0.2) is 36.2 Å². The van der Waals surface area contributed by atoms with Gasteiger partial charge in [-0.2, -0.15) is 9.65 Å². The van der Waals surface area contributed by atoms with Crippen molar-refractivity contribution in [1.82, 2.24) is 0 Å². The average Bonchev–Trinajstić information content (AvgIpc) is 2.87. The average molecular weight is 452 g/mol. The molecular formula is C31H46FN. The van der Waals surface area contributed by atoms with Crippen molar-refractivity contribution in [2.75, 3.05) is 0 Å². The summed E-state index contributed by atoms with van der Waals surface area (Å²) >= 11 is 0. The highest BCUT2D eigenvalue weighted by Crippen LogP contribution is 2.43. The third-order valence-electron chi connectivity index (χ3n) is 8.62. The van der Waals surface area contributed by atoms with E-state index in [1.54, 1.807) is 6.07 Å². The molecule has 1 aromatic rings. The number of aryl methyl sites for hydroxylation is 2. The van der Waals surface area contributed by atoms with Gasteiger partial charge in [0.25, 0.3) is 0 Å². The van der Waals surface area contributed by atoms with Crippen molar-refractivity contribution in [3.05, 3.63) is 47.3 Å². The molecule has 0 saturated heterocycles. The van der Waals surface area contributed by atoms with Gasteiger partial charge in [-0.3, -0.25) is 0 Å². The van der Waals surface area contributed by atoms with Crippen molar-refractivity contribution in [1.29, 1.82) is 5.26 Å². The van der Waals surface area contributed by atoms with Gasteiger partial charge in [-0.25, -0.2) is 0 Å². The molecule has 2 fully saturated rings. The van der Waals surface area contributed by atoms with E-state index in [-0.39, 0.29) is 0 Å². The van der Waals surface area contributed by atoms with E-state index in [9.17, 15) is 4.39 Å². The van der Waals surface area contributed by atoms with Crippen molar-refractivity contribution in [2.24, 2.45) is 23.7 Å². The van der Waals surface area contributed by atoms with Crippen LogP contribution in [0.2, 0.25) is 0 Å². The summed E-state index contributed by atoms with van der Waals surface area (Å²) in [5, 5.41) is 8.51. The highest BCUT2D eigenvalue weighted by molar-refractivity contribution is 5.22. The molecule has 0 aromatic heterocycles. The Balaban J connectivity index is 1.24. The van der Waals surface area contributed by atoms with Gasteiger partial charge in [0.15, 0.2) is 5.83 Å². The molecule has 0 bridgehead atoms. The molecule has 0 aliphatic heterocycles. The normalized spacial score (nSPS) is 26.2. The quantitative estimate of drug-likeness (QED) is 0.229. The molecule has 2 aliphatic rings. The van der Waals surface area contributed by atoms with Gasteiger partial charge in [0.1, 0.15) is 6.07 Å². The zero-order chi connectivity index (χ0) is 23.3. The highest BCUT2D eigenvalue weighted by atomic mass is 19.1. The zero-order valence-electron chi connectivity index (χ0n) is 21.0. The Morgan fingerprint density at radius 3 is 1.85 bits per heavy atom. The Bertz CT molecular complexity index is 727. The third kappa shape index (κ3) is 9.27. The van der Waals surface area contributed by atoms with Crippen molar-refractivity contribution in [2.45, 2.75) is 116 Å². The predicted octanol–water partition coefficient (Wildman–Crippen LogP) is 9.51. The number of rotatable bonds is 12. The smallest absolute Gasteiger partial charge is 0.195 e. The number of hydrogen-bond acceptors (Lipinski definition) is 1. The summed E-state index contributed by atoms with van der Waals surface area (Å²) in [5.41, 5.74) is 3.01. The molecule has 2 saturated carbocycles. The fourth-order valence-electron chi connectivity index (χ4n) is 6.40. The minimum atomic E-state index is -0.614. The molecule has 1 aromatic carbocycles. The SMILES string of the molecule is CCCCc1ccc(CCCC[C@H]2CC[C@H]([C@H]3CC[C@H](CCC=C(F)C#N)CC3)CC2)cc1. The first-order valence-electron chi connectivity index (χ1n) is 14.0. The number of allylic oxidation sites excluding steroid dienone is 2. The largest absolute Gasteiger partial charge is 0.196 e. The molecule has 0 amide bonds. The van der Waals surface area contributed by atoms with Crippen LogP contribution in [0.4, 0.5) is 4.39 Å². The first kappa shape index (κ1) is 26.0. The van der Waals surface area contributed by atoms with Crippen molar-refractivity contribution in [3.8, 4) is 6.07 Å². The number of hydrogen-bond donors (Lipinski definition) is 0. The van der Waals surface area contributed by atoms with Crippen molar-refractivity contribution >= 4 is 0 Å². The lowest BCUT2D eigenvalue weighted by molar-refractivity contribution is 0.140. The lowest BCUT2D eigenvalue weighted by Crippen LogP contribution is -2.25.